The Bertz CT molecular complexity index is 657. The maximum absolute atomic E-state index is 11.1. The normalized spacial score (nSPS) is 20.5. The van der Waals surface area contributed by atoms with Crippen molar-refractivity contribution < 1.29 is 15.1 Å². The molecule has 106 valence electrons. The van der Waals surface area contributed by atoms with Gasteiger partial charge >= 0.3 is 6.09 Å². The zero-order valence-electron chi connectivity index (χ0n) is 10.6. The number of aromatic nitrogens is 1. The molecule has 2 aromatic rings. The number of amides is 1. The Morgan fingerprint density at radius 2 is 2.20 bits per heavy atom. The second-order valence-electron chi connectivity index (χ2n) is 4.84. The van der Waals surface area contributed by atoms with Gasteiger partial charge in [-0.05, 0) is 23.8 Å². The molecule has 1 aliphatic rings. The van der Waals surface area contributed by atoms with Crippen molar-refractivity contribution in [3.63, 3.8) is 0 Å². The highest BCUT2D eigenvalue weighted by molar-refractivity contribution is 9.10. The lowest BCUT2D eigenvalue weighted by Crippen LogP contribution is -2.48. The molecule has 6 nitrogen and oxygen atoms in total. The second kappa shape index (κ2) is 5.08. The van der Waals surface area contributed by atoms with Crippen molar-refractivity contribution >= 4 is 32.9 Å². The summed E-state index contributed by atoms with van der Waals surface area (Å²) in [6.45, 7) is 0.872. The number of rotatable bonds is 1. The number of halogens is 1. The SMILES string of the molecule is O=C(O)N1CCN(O)C(c2c[nH]c3ccc(Br)cc23)C1. The Morgan fingerprint density at radius 1 is 1.40 bits per heavy atom. The number of H-pyrrole nitrogens is 1. The number of hydroxylamine groups is 2. The third-order valence-electron chi connectivity index (χ3n) is 3.66. The molecule has 20 heavy (non-hydrogen) atoms. The van der Waals surface area contributed by atoms with Crippen LogP contribution in [-0.4, -0.2) is 51.0 Å². The van der Waals surface area contributed by atoms with Gasteiger partial charge in [0, 0.05) is 41.2 Å². The van der Waals surface area contributed by atoms with E-state index in [1.54, 1.807) is 0 Å². The highest BCUT2D eigenvalue weighted by Crippen LogP contribution is 2.31. The molecule has 1 atom stereocenters. The topological polar surface area (TPSA) is 79.8 Å². The maximum Gasteiger partial charge on any atom is 0.407 e. The summed E-state index contributed by atoms with van der Waals surface area (Å²) in [4.78, 5) is 15.6. The average molecular weight is 340 g/mol. The molecule has 1 amide bonds. The lowest BCUT2D eigenvalue weighted by Gasteiger charge is -2.36. The molecule has 1 unspecified atom stereocenters. The number of hydrogen-bond acceptors (Lipinski definition) is 3. The molecule has 1 saturated heterocycles. The first-order chi connectivity index (χ1) is 9.56. The van der Waals surface area contributed by atoms with Crippen molar-refractivity contribution in [1.82, 2.24) is 14.9 Å². The van der Waals surface area contributed by atoms with Gasteiger partial charge in [0.05, 0.1) is 6.04 Å². The molecular formula is C13H14BrN3O3. The molecular weight excluding hydrogens is 326 g/mol. The van der Waals surface area contributed by atoms with E-state index >= 15 is 0 Å². The molecule has 0 bridgehead atoms. The molecule has 0 aliphatic carbocycles. The summed E-state index contributed by atoms with van der Waals surface area (Å²) in [7, 11) is 0. The second-order valence-corrected chi connectivity index (χ2v) is 5.76. The highest BCUT2D eigenvalue weighted by atomic mass is 79.9. The van der Waals surface area contributed by atoms with Gasteiger partial charge in [-0.15, -0.1) is 0 Å². The van der Waals surface area contributed by atoms with Gasteiger partial charge in [0.15, 0.2) is 0 Å². The van der Waals surface area contributed by atoms with Gasteiger partial charge in [-0.2, -0.15) is 5.06 Å². The molecule has 3 rings (SSSR count). The first-order valence-corrected chi connectivity index (χ1v) is 7.05. The van der Waals surface area contributed by atoms with Crippen LogP contribution in [0, 0.1) is 0 Å². The van der Waals surface area contributed by atoms with Crippen molar-refractivity contribution in [1.29, 1.82) is 0 Å². The first kappa shape index (κ1) is 13.4. The summed E-state index contributed by atoms with van der Waals surface area (Å²) < 4.78 is 0.946. The number of benzene rings is 1. The highest BCUT2D eigenvalue weighted by Gasteiger charge is 2.31. The summed E-state index contributed by atoms with van der Waals surface area (Å²) in [6.07, 6.45) is 0.875. The van der Waals surface area contributed by atoms with E-state index in [0.717, 1.165) is 20.9 Å². The van der Waals surface area contributed by atoms with Crippen LogP contribution in [0.3, 0.4) is 0 Å². The first-order valence-electron chi connectivity index (χ1n) is 6.26. The summed E-state index contributed by atoms with van der Waals surface area (Å²) in [5.41, 5.74) is 1.86. The summed E-state index contributed by atoms with van der Waals surface area (Å²) in [5.74, 6) is 0. The third-order valence-corrected chi connectivity index (χ3v) is 4.15. The van der Waals surface area contributed by atoms with Crippen LogP contribution in [0.2, 0.25) is 0 Å². The molecule has 2 heterocycles. The van der Waals surface area contributed by atoms with Crippen LogP contribution < -0.4 is 0 Å². The van der Waals surface area contributed by atoms with Crippen molar-refractivity contribution in [3.05, 3.63) is 34.4 Å². The van der Waals surface area contributed by atoms with E-state index < -0.39 is 6.09 Å². The smallest absolute Gasteiger partial charge is 0.407 e. The minimum absolute atomic E-state index is 0.255. The van der Waals surface area contributed by atoms with E-state index in [9.17, 15) is 10.0 Å². The number of carboxylic acid groups (broad SMARTS) is 1. The zero-order chi connectivity index (χ0) is 14.3. The monoisotopic (exact) mass is 339 g/mol. The molecule has 0 saturated carbocycles. The standard InChI is InChI=1S/C13H14BrN3O3/c14-8-1-2-11-9(5-8)10(6-15-11)12-7-16(13(18)19)3-4-17(12)20/h1-2,5-6,12,15,20H,3-4,7H2,(H,18,19). The summed E-state index contributed by atoms with van der Waals surface area (Å²) in [6, 6.07) is 5.49. The average Bonchev–Trinajstić information content (AvgIpc) is 2.82. The Balaban J connectivity index is 2.00. The van der Waals surface area contributed by atoms with Crippen LogP contribution >= 0.6 is 15.9 Å². The number of aromatic amines is 1. The molecule has 1 aromatic carbocycles. The van der Waals surface area contributed by atoms with Crippen molar-refractivity contribution in [2.24, 2.45) is 0 Å². The van der Waals surface area contributed by atoms with Gasteiger partial charge in [-0.3, -0.25) is 0 Å². The number of nitrogens with one attached hydrogen (secondary N) is 1. The Hall–Kier alpha value is -1.57. The van der Waals surface area contributed by atoms with Crippen molar-refractivity contribution in [2.75, 3.05) is 19.6 Å². The van der Waals surface area contributed by atoms with E-state index in [2.05, 4.69) is 20.9 Å². The van der Waals surface area contributed by atoms with E-state index in [4.69, 9.17) is 5.11 Å². The van der Waals surface area contributed by atoms with Gasteiger partial charge in [-0.25, -0.2) is 4.79 Å². The van der Waals surface area contributed by atoms with E-state index in [-0.39, 0.29) is 12.6 Å². The minimum atomic E-state index is -0.955. The predicted molar refractivity (Wildman–Crippen MR) is 76.8 cm³/mol. The van der Waals surface area contributed by atoms with Crippen molar-refractivity contribution in [2.45, 2.75) is 6.04 Å². The number of carbonyl (C=O) groups is 1. The fourth-order valence-corrected chi connectivity index (χ4v) is 2.96. The molecule has 1 aromatic heterocycles. The Kier molecular flexibility index (Phi) is 3.41. The molecule has 0 radical (unpaired) electrons. The van der Waals surface area contributed by atoms with Gasteiger partial charge in [-0.1, -0.05) is 15.9 Å². The van der Waals surface area contributed by atoms with Gasteiger partial charge in [0.2, 0.25) is 0 Å². The molecule has 3 N–H and O–H groups in total. The van der Waals surface area contributed by atoms with Gasteiger partial charge in [0.1, 0.15) is 0 Å². The summed E-state index contributed by atoms with van der Waals surface area (Å²) in [5, 5.41) is 21.4. The molecule has 7 heteroatoms. The van der Waals surface area contributed by atoms with Crippen LogP contribution in [0.25, 0.3) is 10.9 Å². The van der Waals surface area contributed by atoms with Crippen LogP contribution in [0.1, 0.15) is 11.6 Å². The Labute approximate surface area is 123 Å². The minimum Gasteiger partial charge on any atom is -0.465 e. The third kappa shape index (κ3) is 2.28. The van der Waals surface area contributed by atoms with E-state index in [1.165, 1.54) is 9.96 Å². The number of fused-ring (bicyclic) bond motifs is 1. The predicted octanol–water partition coefficient (Wildman–Crippen LogP) is 2.66. The lowest BCUT2D eigenvalue weighted by molar-refractivity contribution is -0.153. The van der Waals surface area contributed by atoms with Crippen LogP contribution in [-0.2, 0) is 0 Å². The fourth-order valence-electron chi connectivity index (χ4n) is 2.60. The zero-order valence-corrected chi connectivity index (χ0v) is 12.2. The summed E-state index contributed by atoms with van der Waals surface area (Å²) >= 11 is 3.43. The van der Waals surface area contributed by atoms with Crippen LogP contribution in [0.15, 0.2) is 28.9 Å². The van der Waals surface area contributed by atoms with Gasteiger partial charge in [0.25, 0.3) is 0 Å². The number of hydrogen-bond donors (Lipinski definition) is 3. The molecule has 1 aliphatic heterocycles. The van der Waals surface area contributed by atoms with E-state index in [0.29, 0.717) is 13.1 Å². The Morgan fingerprint density at radius 3 is 2.95 bits per heavy atom. The largest absolute Gasteiger partial charge is 0.465 e. The maximum atomic E-state index is 11.1. The number of piperazine rings is 1. The lowest BCUT2D eigenvalue weighted by atomic mass is 10.0. The quantitative estimate of drug-likeness (QED) is 0.746. The van der Waals surface area contributed by atoms with Crippen LogP contribution in [0.4, 0.5) is 4.79 Å². The van der Waals surface area contributed by atoms with Crippen molar-refractivity contribution in [3.8, 4) is 0 Å². The van der Waals surface area contributed by atoms with Crippen LogP contribution in [0.5, 0.6) is 0 Å². The van der Waals surface area contributed by atoms with Gasteiger partial charge < -0.3 is 20.2 Å². The molecule has 0 spiro atoms. The number of nitrogens with zero attached hydrogens (tertiary/aromatic N) is 2. The fraction of sp³-hybridized carbons (Fsp3) is 0.308. The van der Waals surface area contributed by atoms with E-state index in [1.807, 2.05) is 24.4 Å². The molecule has 1 fully saturated rings.